The van der Waals surface area contributed by atoms with Crippen LogP contribution in [0.5, 0.6) is 0 Å². The average Bonchev–Trinajstić information content (AvgIpc) is 2.11. The van der Waals surface area contributed by atoms with Crippen LogP contribution < -0.4 is 0 Å². The number of hydrogen-bond donors (Lipinski definition) is 1. The smallest absolute Gasteiger partial charge is 0.364 e. The first-order valence-electron chi connectivity index (χ1n) is 3.87. The molecule has 4 heteroatoms. The number of halogens is 2. The van der Waals surface area contributed by atoms with Crippen molar-refractivity contribution in [3.05, 3.63) is 39.6 Å². The highest BCUT2D eigenvalue weighted by Crippen LogP contribution is 2.19. The summed E-state index contributed by atoms with van der Waals surface area (Å²) in [5, 5.41) is 8.31. The number of aliphatic carboxylic acids is 1. The molecule has 14 heavy (non-hydrogen) atoms. The van der Waals surface area contributed by atoms with Crippen LogP contribution in [0.3, 0.4) is 0 Å². The number of carboxylic acids is 1. The van der Waals surface area contributed by atoms with Crippen LogP contribution in [0.1, 0.15) is 11.1 Å². The van der Waals surface area contributed by atoms with Crippen molar-refractivity contribution in [1.82, 2.24) is 0 Å². The molecule has 0 aliphatic heterocycles. The second kappa shape index (κ2) is 4.37. The van der Waals surface area contributed by atoms with Gasteiger partial charge in [0, 0.05) is 4.47 Å². The van der Waals surface area contributed by atoms with Gasteiger partial charge in [-0.15, -0.1) is 0 Å². The second-order valence-corrected chi connectivity index (χ2v) is 3.66. The maximum absolute atomic E-state index is 12.7. The second-order valence-electron chi connectivity index (χ2n) is 2.81. The third-order valence-electron chi connectivity index (χ3n) is 1.69. The molecule has 0 heterocycles. The molecule has 0 spiro atoms. The molecule has 0 bridgehead atoms. The van der Waals surface area contributed by atoms with E-state index >= 15 is 0 Å². The normalized spacial score (nSPS) is 11.5. The van der Waals surface area contributed by atoms with E-state index in [1.54, 1.807) is 18.2 Å². The van der Waals surface area contributed by atoms with E-state index in [4.69, 9.17) is 5.11 Å². The Kier molecular flexibility index (Phi) is 3.41. The molecule has 0 amide bonds. The Balaban J connectivity index is 3.04. The third kappa shape index (κ3) is 2.67. The monoisotopic (exact) mass is 258 g/mol. The number of carboxylic acid groups (broad SMARTS) is 1. The predicted molar refractivity (Wildman–Crippen MR) is 55.6 cm³/mol. The number of aryl methyl sites for hydroxylation is 1. The van der Waals surface area contributed by atoms with Crippen LogP contribution in [0.2, 0.25) is 0 Å². The van der Waals surface area contributed by atoms with Gasteiger partial charge >= 0.3 is 5.97 Å². The molecule has 0 atom stereocenters. The van der Waals surface area contributed by atoms with Gasteiger partial charge in [-0.2, -0.15) is 4.39 Å². The van der Waals surface area contributed by atoms with Gasteiger partial charge in [0.1, 0.15) is 0 Å². The quantitative estimate of drug-likeness (QED) is 0.828. The molecule has 1 aromatic rings. The van der Waals surface area contributed by atoms with Gasteiger partial charge in [-0.3, -0.25) is 0 Å². The Morgan fingerprint density at radius 3 is 2.71 bits per heavy atom. The Labute approximate surface area is 89.2 Å². The van der Waals surface area contributed by atoms with E-state index in [0.717, 1.165) is 16.1 Å². The van der Waals surface area contributed by atoms with Gasteiger partial charge < -0.3 is 5.11 Å². The van der Waals surface area contributed by atoms with E-state index in [2.05, 4.69) is 15.9 Å². The van der Waals surface area contributed by atoms with Gasteiger partial charge in [-0.1, -0.05) is 28.1 Å². The van der Waals surface area contributed by atoms with E-state index < -0.39 is 11.8 Å². The minimum Gasteiger partial charge on any atom is -0.476 e. The van der Waals surface area contributed by atoms with E-state index in [9.17, 15) is 9.18 Å². The zero-order chi connectivity index (χ0) is 10.7. The first-order chi connectivity index (χ1) is 6.50. The van der Waals surface area contributed by atoms with Gasteiger partial charge in [0.05, 0.1) is 0 Å². The van der Waals surface area contributed by atoms with E-state index in [1.807, 2.05) is 6.92 Å². The van der Waals surface area contributed by atoms with Crippen LogP contribution in [0, 0.1) is 6.92 Å². The number of rotatable bonds is 2. The van der Waals surface area contributed by atoms with Gasteiger partial charge in [0.15, 0.2) is 0 Å². The Morgan fingerprint density at radius 2 is 2.21 bits per heavy atom. The minimum absolute atomic E-state index is 0.516. The summed E-state index contributed by atoms with van der Waals surface area (Å²) in [6.07, 6.45) is 0.979. The fourth-order valence-corrected chi connectivity index (χ4v) is 1.30. The number of carbonyl (C=O) groups is 1. The molecule has 1 N–H and O–H groups in total. The Hall–Kier alpha value is -1.16. The SMILES string of the molecule is Cc1ccc(/C=C(/F)C(=O)O)cc1Br. The summed E-state index contributed by atoms with van der Waals surface area (Å²) in [4.78, 5) is 10.2. The van der Waals surface area contributed by atoms with E-state index in [1.165, 1.54) is 0 Å². The molecule has 0 aliphatic carbocycles. The third-order valence-corrected chi connectivity index (χ3v) is 2.55. The van der Waals surface area contributed by atoms with Crippen molar-refractivity contribution in [3.63, 3.8) is 0 Å². The van der Waals surface area contributed by atoms with Crippen LogP contribution in [0.4, 0.5) is 4.39 Å². The summed E-state index contributed by atoms with van der Waals surface area (Å²) >= 11 is 3.27. The van der Waals surface area contributed by atoms with Gasteiger partial charge in [0.2, 0.25) is 5.83 Å². The highest BCUT2D eigenvalue weighted by Gasteiger charge is 2.05. The lowest BCUT2D eigenvalue weighted by atomic mass is 10.1. The number of hydrogen-bond acceptors (Lipinski definition) is 1. The van der Waals surface area contributed by atoms with Crippen molar-refractivity contribution < 1.29 is 14.3 Å². The predicted octanol–water partition coefficient (Wildman–Crippen LogP) is 3.15. The molecule has 1 aromatic carbocycles. The van der Waals surface area contributed by atoms with Crippen LogP contribution in [-0.4, -0.2) is 11.1 Å². The maximum Gasteiger partial charge on any atom is 0.364 e. The summed E-state index contributed by atoms with van der Waals surface area (Å²) in [7, 11) is 0. The summed E-state index contributed by atoms with van der Waals surface area (Å²) in [6, 6.07) is 5.10. The summed E-state index contributed by atoms with van der Waals surface area (Å²) in [6.45, 7) is 1.89. The Morgan fingerprint density at radius 1 is 1.57 bits per heavy atom. The van der Waals surface area contributed by atoms with Crippen molar-refractivity contribution in [2.45, 2.75) is 6.92 Å². The first kappa shape index (κ1) is 10.9. The van der Waals surface area contributed by atoms with E-state index in [0.29, 0.717) is 5.56 Å². The van der Waals surface area contributed by atoms with Crippen molar-refractivity contribution >= 4 is 28.0 Å². The lowest BCUT2D eigenvalue weighted by Crippen LogP contribution is -1.94. The maximum atomic E-state index is 12.7. The highest BCUT2D eigenvalue weighted by atomic mass is 79.9. The summed E-state index contributed by atoms with van der Waals surface area (Å²) in [5.74, 6) is -2.72. The summed E-state index contributed by atoms with van der Waals surface area (Å²) < 4.78 is 13.5. The molecule has 1 rings (SSSR count). The van der Waals surface area contributed by atoms with Crippen molar-refractivity contribution in [3.8, 4) is 0 Å². The van der Waals surface area contributed by atoms with Gasteiger partial charge in [-0.25, -0.2) is 4.79 Å². The van der Waals surface area contributed by atoms with Crippen LogP contribution in [0.25, 0.3) is 6.08 Å². The molecule has 74 valence electrons. The lowest BCUT2D eigenvalue weighted by Gasteiger charge is -1.99. The molecule has 0 saturated carbocycles. The first-order valence-corrected chi connectivity index (χ1v) is 4.66. The molecule has 0 aromatic heterocycles. The fraction of sp³-hybridized carbons (Fsp3) is 0.100. The van der Waals surface area contributed by atoms with Crippen molar-refractivity contribution in [2.75, 3.05) is 0 Å². The molecule has 0 aliphatic rings. The van der Waals surface area contributed by atoms with Crippen LogP contribution in [-0.2, 0) is 4.79 Å². The van der Waals surface area contributed by atoms with Crippen molar-refractivity contribution in [2.24, 2.45) is 0 Å². The minimum atomic E-state index is -1.55. The molecule has 0 unspecified atom stereocenters. The van der Waals surface area contributed by atoms with Gasteiger partial charge in [-0.05, 0) is 30.2 Å². The molecule has 0 saturated heterocycles. The molecule has 0 fully saturated rings. The molecular formula is C10H8BrFO2. The topological polar surface area (TPSA) is 37.3 Å². The molecular weight excluding hydrogens is 251 g/mol. The highest BCUT2D eigenvalue weighted by molar-refractivity contribution is 9.10. The molecule has 0 radical (unpaired) electrons. The summed E-state index contributed by atoms with van der Waals surface area (Å²) in [5.41, 5.74) is 1.53. The Bertz CT molecular complexity index is 399. The van der Waals surface area contributed by atoms with Crippen LogP contribution >= 0.6 is 15.9 Å². The lowest BCUT2D eigenvalue weighted by molar-refractivity contribution is -0.134. The molecule has 2 nitrogen and oxygen atoms in total. The fourth-order valence-electron chi connectivity index (χ4n) is 0.907. The standard InChI is InChI=1S/C10H8BrFO2/c1-6-2-3-7(4-8(6)11)5-9(12)10(13)14/h2-5H,1H3,(H,13,14)/b9-5+. The van der Waals surface area contributed by atoms with Crippen LogP contribution in [0.15, 0.2) is 28.5 Å². The average molecular weight is 259 g/mol. The van der Waals surface area contributed by atoms with Crippen molar-refractivity contribution in [1.29, 1.82) is 0 Å². The zero-order valence-corrected chi connectivity index (χ0v) is 9.01. The number of benzene rings is 1. The zero-order valence-electron chi connectivity index (χ0n) is 7.42. The largest absolute Gasteiger partial charge is 0.476 e. The van der Waals surface area contributed by atoms with Gasteiger partial charge in [0.25, 0.3) is 0 Å². The van der Waals surface area contributed by atoms with E-state index in [-0.39, 0.29) is 0 Å².